The average molecular weight is 611 g/mol. The first-order valence-corrected chi connectivity index (χ1v) is 15.2. The number of aliphatic imine (C=N–C) groups is 2. The van der Waals surface area contributed by atoms with E-state index in [1.165, 1.54) is 19.1 Å². The molecule has 0 fully saturated rings. The minimum absolute atomic E-state index is 0.113. The number of halogens is 3. The number of anilines is 1. The third-order valence-corrected chi connectivity index (χ3v) is 7.86. The van der Waals surface area contributed by atoms with E-state index < -0.39 is 30.9 Å². The molecule has 15 heteroatoms. The standard InChI is InChI=1S/C21H24Cl2FN5O2S.C2H6O3S/c1-21(2)28-19(25)27-20(26)29(21)15-9-8-14(16(22)12-15)6-4-3-5-13-7-10-18(17(23)11-13)32(24,30)31;1-2-6(3,4)5/h7-12H,3-6H2,1-2H3,(H4,25,26,27,28);2H2,1H3,(H,3,4,5). The number of hydrogen-bond acceptors (Lipinski definition) is 9. The minimum Gasteiger partial charge on any atom is -0.369 e. The highest BCUT2D eigenvalue weighted by atomic mass is 35.5. The van der Waals surface area contributed by atoms with Gasteiger partial charge in [-0.1, -0.05) is 35.3 Å². The number of aryl methyl sites for hydroxylation is 2. The Morgan fingerprint density at radius 1 is 1.00 bits per heavy atom. The summed E-state index contributed by atoms with van der Waals surface area (Å²) < 4.78 is 62.1. The molecule has 10 nitrogen and oxygen atoms in total. The second kappa shape index (κ2) is 12.6. The highest BCUT2D eigenvalue weighted by Crippen LogP contribution is 2.31. The Hall–Kier alpha value is -2.45. The Kier molecular flexibility index (Phi) is 10.5. The molecule has 0 aromatic heterocycles. The maximum Gasteiger partial charge on any atom is 0.333 e. The fourth-order valence-electron chi connectivity index (χ4n) is 3.67. The third-order valence-electron chi connectivity index (χ3n) is 5.47. The molecule has 2 aromatic carbocycles. The van der Waals surface area contributed by atoms with Crippen molar-refractivity contribution in [2.75, 3.05) is 10.7 Å². The number of unbranched alkanes of at least 4 members (excludes halogenated alkanes) is 1. The second-order valence-electron chi connectivity index (χ2n) is 8.83. The topological polar surface area (TPSA) is 169 Å². The zero-order valence-electron chi connectivity index (χ0n) is 21.0. The van der Waals surface area contributed by atoms with Gasteiger partial charge in [-0.15, -0.1) is 3.89 Å². The quantitative estimate of drug-likeness (QED) is 0.226. The van der Waals surface area contributed by atoms with E-state index in [9.17, 15) is 20.7 Å². The van der Waals surface area contributed by atoms with Crippen LogP contribution in [0.5, 0.6) is 0 Å². The van der Waals surface area contributed by atoms with Crippen molar-refractivity contribution >= 4 is 61.1 Å². The summed E-state index contributed by atoms with van der Waals surface area (Å²) in [5.74, 6) is 0.178. The first kappa shape index (κ1) is 31.8. The maximum atomic E-state index is 13.1. The summed E-state index contributed by atoms with van der Waals surface area (Å²) in [5.41, 5.74) is 13.7. The molecule has 38 heavy (non-hydrogen) atoms. The van der Waals surface area contributed by atoms with Crippen LogP contribution in [-0.2, 0) is 33.2 Å². The second-order valence-corrected chi connectivity index (χ2v) is 12.7. The van der Waals surface area contributed by atoms with Crippen molar-refractivity contribution < 1.29 is 25.3 Å². The Labute approximate surface area is 232 Å². The average Bonchev–Trinajstić information content (AvgIpc) is 2.75. The number of nitrogens with two attached hydrogens (primary N) is 2. The lowest BCUT2D eigenvalue weighted by Gasteiger charge is -2.38. The zero-order chi connectivity index (χ0) is 28.9. The van der Waals surface area contributed by atoms with Gasteiger partial charge in [0.25, 0.3) is 10.1 Å². The Morgan fingerprint density at radius 3 is 2.11 bits per heavy atom. The Morgan fingerprint density at radius 2 is 1.61 bits per heavy atom. The largest absolute Gasteiger partial charge is 0.369 e. The van der Waals surface area contributed by atoms with Crippen molar-refractivity contribution in [2.24, 2.45) is 21.5 Å². The van der Waals surface area contributed by atoms with Crippen LogP contribution in [0.25, 0.3) is 0 Å². The monoisotopic (exact) mass is 609 g/mol. The van der Waals surface area contributed by atoms with Gasteiger partial charge >= 0.3 is 10.2 Å². The van der Waals surface area contributed by atoms with E-state index in [4.69, 9.17) is 39.2 Å². The highest BCUT2D eigenvalue weighted by Gasteiger charge is 2.33. The van der Waals surface area contributed by atoms with Crippen LogP contribution in [0.1, 0.15) is 44.7 Å². The molecule has 0 spiro atoms. The number of hydrogen-bond donors (Lipinski definition) is 3. The number of rotatable bonds is 8. The molecule has 210 valence electrons. The molecule has 5 N–H and O–H groups in total. The Balaban J connectivity index is 0.000000757. The van der Waals surface area contributed by atoms with E-state index in [0.717, 1.165) is 36.1 Å². The lowest BCUT2D eigenvalue weighted by atomic mass is 10.0. The van der Waals surface area contributed by atoms with Crippen LogP contribution in [0.3, 0.4) is 0 Å². The molecule has 0 saturated heterocycles. The van der Waals surface area contributed by atoms with Gasteiger partial charge in [0.1, 0.15) is 10.6 Å². The molecule has 0 amide bonds. The van der Waals surface area contributed by atoms with Crippen molar-refractivity contribution in [1.29, 1.82) is 0 Å². The predicted octanol–water partition coefficient (Wildman–Crippen LogP) is 4.30. The van der Waals surface area contributed by atoms with Crippen LogP contribution in [0.2, 0.25) is 10.0 Å². The molecule has 1 aliphatic rings. The van der Waals surface area contributed by atoms with E-state index in [2.05, 4.69) is 9.98 Å². The molecular formula is C23H30Cl2FN5O5S2. The van der Waals surface area contributed by atoms with Gasteiger partial charge in [0.15, 0.2) is 0 Å². The SMILES string of the molecule is CC1(C)N=C(N)N=C(N)N1c1ccc(CCCCc2ccc(S(=O)(=O)F)c(Cl)c2)c(Cl)c1.CCS(=O)(=O)O. The summed E-state index contributed by atoms with van der Waals surface area (Å²) in [7, 11) is -8.48. The van der Waals surface area contributed by atoms with Crippen LogP contribution in [-0.4, -0.2) is 44.7 Å². The van der Waals surface area contributed by atoms with Crippen LogP contribution < -0.4 is 16.4 Å². The normalized spacial score (nSPS) is 15.3. The molecule has 0 bridgehead atoms. The highest BCUT2D eigenvalue weighted by molar-refractivity contribution is 7.86. The van der Waals surface area contributed by atoms with Gasteiger partial charge in [-0.2, -0.15) is 21.8 Å². The molecule has 0 radical (unpaired) electrons. The van der Waals surface area contributed by atoms with Gasteiger partial charge in [-0.3, -0.25) is 9.45 Å². The number of guanidine groups is 2. The molecule has 1 heterocycles. The summed E-state index contributed by atoms with van der Waals surface area (Å²) in [6.45, 7) is 5.13. The van der Waals surface area contributed by atoms with Gasteiger partial charge in [-0.25, -0.2) is 4.99 Å². The van der Waals surface area contributed by atoms with Crippen LogP contribution in [0.4, 0.5) is 9.57 Å². The Bertz CT molecular complexity index is 1450. The lowest BCUT2D eigenvalue weighted by Crippen LogP contribution is -2.54. The van der Waals surface area contributed by atoms with Gasteiger partial charge in [0.2, 0.25) is 11.9 Å². The van der Waals surface area contributed by atoms with Gasteiger partial charge < -0.3 is 11.5 Å². The van der Waals surface area contributed by atoms with E-state index >= 15 is 0 Å². The molecule has 0 unspecified atom stereocenters. The first-order valence-electron chi connectivity index (χ1n) is 11.4. The first-order chi connectivity index (χ1) is 17.4. The van der Waals surface area contributed by atoms with Crippen LogP contribution in [0, 0.1) is 0 Å². The summed E-state index contributed by atoms with van der Waals surface area (Å²) in [6.07, 6.45) is 3.10. The van der Waals surface area contributed by atoms with Crippen molar-refractivity contribution in [2.45, 2.75) is 57.0 Å². The van der Waals surface area contributed by atoms with E-state index in [1.807, 2.05) is 32.0 Å². The fraction of sp³-hybridized carbons (Fsp3) is 0.391. The molecule has 3 rings (SSSR count). The molecule has 0 saturated carbocycles. The van der Waals surface area contributed by atoms with Crippen molar-refractivity contribution in [3.8, 4) is 0 Å². The van der Waals surface area contributed by atoms with Gasteiger partial charge in [-0.05, 0) is 81.8 Å². The minimum atomic E-state index is -4.82. The lowest BCUT2D eigenvalue weighted by molar-refractivity contribution is 0.484. The smallest absolute Gasteiger partial charge is 0.333 e. The molecule has 0 aliphatic carbocycles. The molecule has 0 atom stereocenters. The zero-order valence-corrected chi connectivity index (χ0v) is 24.2. The van der Waals surface area contributed by atoms with Gasteiger partial charge in [0, 0.05) is 10.7 Å². The summed E-state index contributed by atoms with van der Waals surface area (Å²) in [4.78, 5) is 9.64. The van der Waals surface area contributed by atoms with E-state index in [-0.39, 0.29) is 22.7 Å². The summed E-state index contributed by atoms with van der Waals surface area (Å²) >= 11 is 12.4. The third kappa shape index (κ3) is 9.09. The fourth-order valence-corrected chi connectivity index (χ4v) is 4.94. The molecule has 1 aliphatic heterocycles. The van der Waals surface area contributed by atoms with Crippen LogP contribution >= 0.6 is 23.2 Å². The van der Waals surface area contributed by atoms with Gasteiger partial charge in [0.05, 0.1) is 10.8 Å². The summed E-state index contributed by atoms with van der Waals surface area (Å²) in [6, 6.07) is 9.93. The van der Waals surface area contributed by atoms with Crippen molar-refractivity contribution in [1.82, 2.24) is 0 Å². The summed E-state index contributed by atoms with van der Waals surface area (Å²) in [5, 5.41) is 0.493. The predicted molar refractivity (Wildman–Crippen MR) is 150 cm³/mol. The maximum absolute atomic E-state index is 13.1. The van der Waals surface area contributed by atoms with E-state index in [1.54, 1.807) is 11.0 Å². The van der Waals surface area contributed by atoms with Crippen molar-refractivity contribution in [3.05, 3.63) is 57.6 Å². The van der Waals surface area contributed by atoms with E-state index in [0.29, 0.717) is 11.4 Å². The number of benzene rings is 2. The van der Waals surface area contributed by atoms with Crippen molar-refractivity contribution in [3.63, 3.8) is 0 Å². The molecule has 2 aromatic rings. The van der Waals surface area contributed by atoms with Crippen LogP contribution in [0.15, 0.2) is 51.3 Å². The molecular weight excluding hydrogens is 580 g/mol. The number of nitrogens with zero attached hydrogens (tertiary/aromatic N) is 3.